The third-order valence-corrected chi connectivity index (χ3v) is 6.36. The number of carboxylic acid groups (broad SMARTS) is 1. The van der Waals surface area contributed by atoms with Crippen molar-refractivity contribution in [3.8, 4) is 11.5 Å². The van der Waals surface area contributed by atoms with Crippen LogP contribution in [0.2, 0.25) is 0 Å². The molecule has 0 heterocycles. The smallest absolute Gasteiger partial charge is 0.326 e. The summed E-state index contributed by atoms with van der Waals surface area (Å²) < 4.78 is 0. The molecule has 3 amide bonds. The van der Waals surface area contributed by atoms with E-state index in [0.717, 1.165) is 0 Å². The number of amides is 3. The number of benzene rings is 2. The molecule has 0 bridgehead atoms. The van der Waals surface area contributed by atoms with Gasteiger partial charge in [-0.1, -0.05) is 24.3 Å². The first-order chi connectivity index (χ1) is 19.4. The molecule has 0 aromatic heterocycles. The lowest BCUT2D eigenvalue weighted by Gasteiger charge is -2.26. The lowest BCUT2D eigenvalue weighted by atomic mass is 10.0. The summed E-state index contributed by atoms with van der Waals surface area (Å²) in [6.45, 7) is 1.65. The Morgan fingerprint density at radius 3 is 1.76 bits per heavy atom. The van der Waals surface area contributed by atoms with Crippen LogP contribution in [0.1, 0.15) is 37.3 Å². The van der Waals surface area contributed by atoms with Crippen molar-refractivity contribution in [1.29, 1.82) is 0 Å². The Kier molecular flexibility index (Phi) is 13.0. The standard InChI is InChI=1S/C28H39N5O8/c1-16(34)24(33-25(37)21(30)14-17-5-9-19(35)10-6-17)27(39)32-23(15-18-7-11-20(36)12-8-18)26(38)31-22(28(40)41)4-2-3-13-29/h5-12,16,21-24,34-36H,2-4,13-15,29-30H2,1H3,(H,31,38)(H,32,39)(H,33,37)(H,40,41). The Morgan fingerprint density at radius 2 is 1.27 bits per heavy atom. The first-order valence-electron chi connectivity index (χ1n) is 13.2. The van der Waals surface area contributed by atoms with Crippen LogP contribution in [0, 0.1) is 0 Å². The average Bonchev–Trinajstić information content (AvgIpc) is 2.92. The Balaban J connectivity index is 2.18. The Bertz CT molecular complexity index is 1160. The lowest BCUT2D eigenvalue weighted by Crippen LogP contribution is -2.60. The highest BCUT2D eigenvalue weighted by Gasteiger charge is 2.32. The van der Waals surface area contributed by atoms with E-state index in [1.54, 1.807) is 12.1 Å². The quantitative estimate of drug-likeness (QED) is 0.114. The minimum atomic E-state index is -1.48. The van der Waals surface area contributed by atoms with Gasteiger partial charge in [0.2, 0.25) is 17.7 Å². The normalized spacial score (nSPS) is 14.6. The molecule has 0 saturated heterocycles. The van der Waals surface area contributed by atoms with Gasteiger partial charge in [-0.15, -0.1) is 0 Å². The monoisotopic (exact) mass is 573 g/mol. The molecule has 13 nitrogen and oxygen atoms in total. The van der Waals surface area contributed by atoms with E-state index in [4.69, 9.17) is 11.5 Å². The van der Waals surface area contributed by atoms with Crippen molar-refractivity contribution < 1.29 is 39.6 Å². The maximum absolute atomic E-state index is 13.2. The van der Waals surface area contributed by atoms with Gasteiger partial charge in [0.15, 0.2) is 0 Å². The minimum absolute atomic E-state index is 0.00911. The second-order valence-electron chi connectivity index (χ2n) is 9.82. The Hall–Kier alpha value is -4.20. The molecule has 0 aliphatic heterocycles. The van der Waals surface area contributed by atoms with Crippen LogP contribution in [-0.2, 0) is 32.0 Å². The van der Waals surface area contributed by atoms with Gasteiger partial charge in [-0.25, -0.2) is 4.79 Å². The van der Waals surface area contributed by atoms with Crippen LogP contribution < -0.4 is 27.4 Å². The molecule has 2 aromatic rings. The van der Waals surface area contributed by atoms with E-state index in [1.165, 1.54) is 43.3 Å². The van der Waals surface area contributed by atoms with Crippen LogP contribution in [0.3, 0.4) is 0 Å². The van der Waals surface area contributed by atoms with Crippen molar-refractivity contribution in [2.45, 2.75) is 69.3 Å². The number of carboxylic acids is 1. The number of aliphatic hydroxyl groups is 1. The molecule has 5 unspecified atom stereocenters. The first kappa shape index (κ1) is 33.0. The molecular formula is C28H39N5O8. The summed E-state index contributed by atoms with van der Waals surface area (Å²) >= 11 is 0. The van der Waals surface area contributed by atoms with Gasteiger partial charge < -0.3 is 47.8 Å². The maximum Gasteiger partial charge on any atom is 0.326 e. The molecule has 11 N–H and O–H groups in total. The number of phenolic OH excluding ortho intramolecular Hbond substituents is 2. The molecule has 0 saturated carbocycles. The highest BCUT2D eigenvalue weighted by atomic mass is 16.4. The van der Waals surface area contributed by atoms with Crippen molar-refractivity contribution in [1.82, 2.24) is 16.0 Å². The zero-order valence-corrected chi connectivity index (χ0v) is 22.8. The molecule has 0 radical (unpaired) electrons. The van der Waals surface area contributed by atoms with E-state index in [-0.39, 0.29) is 30.8 Å². The van der Waals surface area contributed by atoms with Gasteiger partial charge in [-0.2, -0.15) is 0 Å². The molecule has 5 atom stereocenters. The van der Waals surface area contributed by atoms with Gasteiger partial charge in [0.1, 0.15) is 29.6 Å². The predicted octanol–water partition coefficient (Wildman–Crippen LogP) is -0.741. The van der Waals surface area contributed by atoms with Crippen molar-refractivity contribution in [2.75, 3.05) is 6.54 Å². The van der Waals surface area contributed by atoms with Crippen molar-refractivity contribution >= 4 is 23.7 Å². The molecule has 2 rings (SSSR count). The highest BCUT2D eigenvalue weighted by molar-refractivity contribution is 5.94. The molecule has 2 aromatic carbocycles. The summed E-state index contributed by atoms with van der Waals surface area (Å²) in [5.41, 5.74) is 12.7. The van der Waals surface area contributed by atoms with Gasteiger partial charge in [0, 0.05) is 6.42 Å². The Morgan fingerprint density at radius 1 is 0.756 bits per heavy atom. The van der Waals surface area contributed by atoms with Crippen molar-refractivity contribution in [3.63, 3.8) is 0 Å². The number of nitrogens with two attached hydrogens (primary N) is 2. The molecule has 41 heavy (non-hydrogen) atoms. The summed E-state index contributed by atoms with van der Waals surface area (Å²) in [5.74, 6) is -3.62. The van der Waals surface area contributed by atoms with Crippen LogP contribution in [0.25, 0.3) is 0 Å². The zero-order valence-electron chi connectivity index (χ0n) is 22.8. The van der Waals surface area contributed by atoms with E-state index < -0.39 is 54.0 Å². The third-order valence-electron chi connectivity index (χ3n) is 6.36. The molecule has 13 heteroatoms. The maximum atomic E-state index is 13.2. The SMILES string of the molecule is CC(O)C(NC(=O)C(N)Cc1ccc(O)cc1)C(=O)NC(Cc1ccc(O)cc1)C(=O)NC(CCCCN)C(=O)O. The number of phenols is 2. The molecule has 0 fully saturated rings. The van der Waals surface area contributed by atoms with E-state index >= 15 is 0 Å². The number of unbranched alkanes of at least 4 members (excludes halogenated alkanes) is 1. The summed E-state index contributed by atoms with van der Waals surface area (Å²) in [4.78, 5) is 50.9. The minimum Gasteiger partial charge on any atom is -0.508 e. The van der Waals surface area contributed by atoms with Crippen LogP contribution in [0.4, 0.5) is 0 Å². The van der Waals surface area contributed by atoms with E-state index in [1.807, 2.05) is 0 Å². The summed E-state index contributed by atoms with van der Waals surface area (Å²) in [6.07, 6.45) is -0.203. The highest BCUT2D eigenvalue weighted by Crippen LogP contribution is 2.13. The number of nitrogens with one attached hydrogen (secondary N) is 3. The molecule has 224 valence electrons. The van der Waals surface area contributed by atoms with Crippen LogP contribution in [0.5, 0.6) is 11.5 Å². The van der Waals surface area contributed by atoms with Crippen molar-refractivity contribution in [2.24, 2.45) is 11.5 Å². The summed E-state index contributed by atoms with van der Waals surface area (Å²) in [5, 5.41) is 46.2. The summed E-state index contributed by atoms with van der Waals surface area (Å²) in [7, 11) is 0. The Labute approximate surface area is 237 Å². The largest absolute Gasteiger partial charge is 0.508 e. The van der Waals surface area contributed by atoms with Gasteiger partial charge in [-0.3, -0.25) is 14.4 Å². The van der Waals surface area contributed by atoms with Gasteiger partial charge in [0.05, 0.1) is 12.1 Å². The predicted molar refractivity (Wildman–Crippen MR) is 150 cm³/mol. The van der Waals surface area contributed by atoms with Crippen molar-refractivity contribution in [3.05, 3.63) is 59.7 Å². The number of carbonyl (C=O) groups excluding carboxylic acids is 3. The number of aliphatic carboxylic acids is 1. The number of hydrogen-bond donors (Lipinski definition) is 9. The van der Waals surface area contributed by atoms with Gasteiger partial charge in [0.25, 0.3) is 0 Å². The average molecular weight is 574 g/mol. The first-order valence-corrected chi connectivity index (χ1v) is 13.2. The zero-order chi connectivity index (χ0) is 30.5. The van der Waals surface area contributed by atoms with Crippen LogP contribution in [0.15, 0.2) is 48.5 Å². The molecule has 0 aliphatic rings. The van der Waals surface area contributed by atoms with Crippen LogP contribution >= 0.6 is 0 Å². The number of aromatic hydroxyl groups is 2. The number of rotatable bonds is 16. The molecule has 0 spiro atoms. The fraction of sp³-hybridized carbons (Fsp3) is 0.429. The number of aliphatic hydroxyl groups excluding tert-OH is 1. The second kappa shape index (κ2) is 16.2. The van der Waals surface area contributed by atoms with Gasteiger partial charge >= 0.3 is 5.97 Å². The third kappa shape index (κ3) is 11.1. The molecule has 0 aliphatic carbocycles. The summed E-state index contributed by atoms with van der Waals surface area (Å²) in [6, 6.07) is 6.85. The fourth-order valence-electron chi connectivity index (χ4n) is 4.01. The van der Waals surface area contributed by atoms with E-state index in [2.05, 4.69) is 16.0 Å². The molecular weight excluding hydrogens is 534 g/mol. The number of hydrogen-bond acceptors (Lipinski definition) is 9. The topological polar surface area (TPSA) is 237 Å². The number of carbonyl (C=O) groups is 4. The van der Waals surface area contributed by atoms with E-state index in [9.17, 15) is 39.6 Å². The second-order valence-corrected chi connectivity index (χ2v) is 9.82. The fourth-order valence-corrected chi connectivity index (χ4v) is 4.01. The van der Waals surface area contributed by atoms with Gasteiger partial charge in [-0.05, 0) is 74.5 Å². The lowest BCUT2D eigenvalue weighted by molar-refractivity contribution is -0.142. The van der Waals surface area contributed by atoms with E-state index in [0.29, 0.717) is 30.5 Å². The van der Waals surface area contributed by atoms with Crippen LogP contribution in [-0.4, -0.2) is 80.9 Å².